The fourth-order valence-electron chi connectivity index (χ4n) is 2.31. The van der Waals surface area contributed by atoms with E-state index in [2.05, 4.69) is 31.1 Å². The highest BCUT2D eigenvalue weighted by molar-refractivity contribution is 5.91. The number of ether oxygens (including phenoxy) is 1. The van der Waals surface area contributed by atoms with Crippen LogP contribution in [-0.4, -0.2) is 18.0 Å². The van der Waals surface area contributed by atoms with Crippen LogP contribution >= 0.6 is 0 Å². The maximum Gasteiger partial charge on any atom is 0.287 e. The van der Waals surface area contributed by atoms with Crippen LogP contribution in [0, 0.1) is 0 Å². The zero-order valence-corrected chi connectivity index (χ0v) is 14.2. The van der Waals surface area contributed by atoms with Crippen molar-refractivity contribution in [3.63, 3.8) is 0 Å². The first-order valence-corrected chi connectivity index (χ1v) is 7.69. The normalized spacial score (nSPS) is 11.7. The summed E-state index contributed by atoms with van der Waals surface area (Å²) in [7, 11) is 1.48. The van der Waals surface area contributed by atoms with E-state index in [1.54, 1.807) is 12.1 Å². The van der Waals surface area contributed by atoms with Gasteiger partial charge in [-0.15, -0.1) is 0 Å². The molecule has 0 saturated carbocycles. The summed E-state index contributed by atoms with van der Waals surface area (Å²) < 4.78 is 15.8. The third-order valence-electron chi connectivity index (χ3n) is 3.70. The first-order chi connectivity index (χ1) is 11.4. The second-order valence-electron chi connectivity index (χ2n) is 6.55. The van der Waals surface area contributed by atoms with Gasteiger partial charge in [-0.1, -0.05) is 26.8 Å². The van der Waals surface area contributed by atoms with Crippen LogP contribution < -0.4 is 10.1 Å². The van der Waals surface area contributed by atoms with Crippen LogP contribution in [0.25, 0.3) is 11.1 Å². The number of hydrogen-bond acceptors (Lipinski definition) is 5. The SMILES string of the molecule is COc1ccc(C(=O)NCc2nc3cc(C(C)(C)C)ccc3o2)o1. The highest BCUT2D eigenvalue weighted by atomic mass is 16.6. The Kier molecular flexibility index (Phi) is 4.05. The molecule has 126 valence electrons. The Bertz CT molecular complexity index is 871. The van der Waals surface area contributed by atoms with Gasteiger partial charge >= 0.3 is 0 Å². The molecule has 1 aromatic carbocycles. The molecule has 6 heteroatoms. The van der Waals surface area contributed by atoms with Crippen molar-refractivity contribution >= 4 is 17.0 Å². The van der Waals surface area contributed by atoms with E-state index in [9.17, 15) is 4.79 Å². The minimum absolute atomic E-state index is 0.0415. The second kappa shape index (κ2) is 6.03. The molecule has 0 atom stereocenters. The predicted molar refractivity (Wildman–Crippen MR) is 89.1 cm³/mol. The number of aromatic nitrogens is 1. The molecule has 0 saturated heterocycles. The molecule has 1 N–H and O–H groups in total. The van der Waals surface area contributed by atoms with E-state index >= 15 is 0 Å². The van der Waals surface area contributed by atoms with Crippen molar-refractivity contribution in [1.82, 2.24) is 10.3 Å². The van der Waals surface area contributed by atoms with E-state index in [0.29, 0.717) is 11.5 Å². The Labute approximate surface area is 139 Å². The molecule has 0 aliphatic heterocycles. The fraction of sp³-hybridized carbons (Fsp3) is 0.333. The number of rotatable bonds is 4. The van der Waals surface area contributed by atoms with Crippen LogP contribution in [0.2, 0.25) is 0 Å². The summed E-state index contributed by atoms with van der Waals surface area (Å²) in [5, 5.41) is 2.71. The first-order valence-electron chi connectivity index (χ1n) is 7.69. The number of nitrogens with one attached hydrogen (secondary N) is 1. The molecular formula is C18H20N2O4. The van der Waals surface area contributed by atoms with E-state index in [1.807, 2.05) is 18.2 Å². The van der Waals surface area contributed by atoms with Crippen molar-refractivity contribution in [2.45, 2.75) is 32.7 Å². The van der Waals surface area contributed by atoms with E-state index in [4.69, 9.17) is 13.6 Å². The summed E-state index contributed by atoms with van der Waals surface area (Å²) in [5.74, 6) is 0.563. The Morgan fingerprint density at radius 2 is 2.00 bits per heavy atom. The van der Waals surface area contributed by atoms with E-state index in [0.717, 1.165) is 5.52 Å². The summed E-state index contributed by atoms with van der Waals surface area (Å²) in [5.41, 5.74) is 2.71. The summed E-state index contributed by atoms with van der Waals surface area (Å²) in [6.07, 6.45) is 0. The average Bonchev–Trinajstić information content (AvgIpc) is 3.17. The quantitative estimate of drug-likeness (QED) is 0.791. The van der Waals surface area contributed by atoms with Gasteiger partial charge in [0, 0.05) is 6.07 Å². The Morgan fingerprint density at radius 1 is 1.21 bits per heavy atom. The highest BCUT2D eigenvalue weighted by Gasteiger charge is 2.17. The lowest BCUT2D eigenvalue weighted by Crippen LogP contribution is -2.22. The highest BCUT2D eigenvalue weighted by Crippen LogP contribution is 2.26. The molecular weight excluding hydrogens is 308 g/mol. The van der Waals surface area contributed by atoms with Crippen molar-refractivity contribution < 1.29 is 18.4 Å². The van der Waals surface area contributed by atoms with E-state index in [-0.39, 0.29) is 29.6 Å². The third-order valence-corrected chi connectivity index (χ3v) is 3.70. The molecule has 0 unspecified atom stereocenters. The number of fused-ring (bicyclic) bond motifs is 1. The van der Waals surface area contributed by atoms with E-state index < -0.39 is 0 Å². The summed E-state index contributed by atoms with van der Waals surface area (Å²) in [4.78, 5) is 16.5. The maximum absolute atomic E-state index is 12.0. The second-order valence-corrected chi connectivity index (χ2v) is 6.55. The summed E-state index contributed by atoms with van der Waals surface area (Å²) >= 11 is 0. The van der Waals surface area contributed by atoms with Crippen molar-refractivity contribution in [3.8, 4) is 5.95 Å². The van der Waals surface area contributed by atoms with Gasteiger partial charge in [0.15, 0.2) is 11.3 Å². The summed E-state index contributed by atoms with van der Waals surface area (Å²) in [6.45, 7) is 6.62. The number of oxazole rings is 1. The van der Waals surface area contributed by atoms with Gasteiger partial charge in [-0.3, -0.25) is 4.79 Å². The van der Waals surface area contributed by atoms with Crippen molar-refractivity contribution in [2.24, 2.45) is 0 Å². The molecule has 0 fully saturated rings. The van der Waals surface area contributed by atoms with Gasteiger partial charge in [-0.2, -0.15) is 0 Å². The smallest absolute Gasteiger partial charge is 0.287 e. The molecule has 0 aliphatic rings. The standard InChI is InChI=1S/C18H20N2O4/c1-18(2,3)11-5-6-13-12(9-11)20-15(23-13)10-19-17(21)14-7-8-16(22-4)24-14/h5-9H,10H2,1-4H3,(H,19,21). The van der Waals surface area contributed by atoms with Gasteiger partial charge in [0.05, 0.1) is 13.7 Å². The number of hydrogen-bond donors (Lipinski definition) is 1. The molecule has 1 amide bonds. The maximum atomic E-state index is 12.0. The van der Waals surface area contributed by atoms with Gasteiger partial charge in [0.25, 0.3) is 11.9 Å². The van der Waals surface area contributed by atoms with Gasteiger partial charge in [-0.25, -0.2) is 4.98 Å². The predicted octanol–water partition coefficient (Wildman–Crippen LogP) is 3.66. The zero-order chi connectivity index (χ0) is 17.3. The number of carbonyl (C=O) groups excluding carboxylic acids is 1. The molecule has 24 heavy (non-hydrogen) atoms. The average molecular weight is 328 g/mol. The molecule has 2 aromatic heterocycles. The fourth-order valence-corrected chi connectivity index (χ4v) is 2.31. The Hall–Kier alpha value is -2.76. The van der Waals surface area contributed by atoms with E-state index in [1.165, 1.54) is 12.7 Å². The molecule has 3 aromatic rings. The third kappa shape index (κ3) is 3.27. The van der Waals surface area contributed by atoms with Crippen LogP contribution in [0.3, 0.4) is 0 Å². The number of carbonyl (C=O) groups is 1. The van der Waals surface area contributed by atoms with Crippen molar-refractivity contribution in [2.75, 3.05) is 7.11 Å². The van der Waals surface area contributed by atoms with Gasteiger partial charge in [-0.05, 0) is 29.2 Å². The topological polar surface area (TPSA) is 77.5 Å². The lowest BCUT2D eigenvalue weighted by atomic mass is 9.87. The lowest BCUT2D eigenvalue weighted by Gasteiger charge is -2.18. The first kappa shape index (κ1) is 16.1. The lowest BCUT2D eigenvalue weighted by molar-refractivity contribution is 0.0913. The van der Waals surface area contributed by atoms with Gasteiger partial charge in [0.2, 0.25) is 5.89 Å². The Morgan fingerprint density at radius 3 is 2.67 bits per heavy atom. The molecule has 0 aliphatic carbocycles. The zero-order valence-electron chi connectivity index (χ0n) is 14.2. The minimum atomic E-state index is -0.351. The van der Waals surface area contributed by atoms with Gasteiger partial charge < -0.3 is 18.9 Å². The molecule has 2 heterocycles. The van der Waals surface area contributed by atoms with Crippen molar-refractivity contribution in [1.29, 1.82) is 0 Å². The van der Waals surface area contributed by atoms with Crippen molar-refractivity contribution in [3.05, 3.63) is 47.5 Å². The number of furan rings is 1. The molecule has 0 bridgehead atoms. The summed E-state index contributed by atoms with van der Waals surface area (Å²) in [6, 6.07) is 9.09. The molecule has 0 radical (unpaired) electrons. The largest absolute Gasteiger partial charge is 0.468 e. The Balaban J connectivity index is 1.72. The number of amides is 1. The van der Waals surface area contributed by atoms with Crippen LogP contribution in [-0.2, 0) is 12.0 Å². The monoisotopic (exact) mass is 328 g/mol. The number of benzene rings is 1. The molecule has 3 rings (SSSR count). The van der Waals surface area contributed by atoms with Crippen LogP contribution in [0.1, 0.15) is 42.8 Å². The number of methoxy groups -OCH3 is 1. The van der Waals surface area contributed by atoms with Gasteiger partial charge in [0.1, 0.15) is 5.52 Å². The molecule has 6 nitrogen and oxygen atoms in total. The van der Waals surface area contributed by atoms with Crippen LogP contribution in [0.15, 0.2) is 39.2 Å². The number of nitrogens with zero attached hydrogens (tertiary/aromatic N) is 1. The van der Waals surface area contributed by atoms with Crippen LogP contribution in [0.4, 0.5) is 0 Å². The minimum Gasteiger partial charge on any atom is -0.468 e. The van der Waals surface area contributed by atoms with Crippen LogP contribution in [0.5, 0.6) is 5.95 Å². The molecule has 0 spiro atoms.